The van der Waals surface area contributed by atoms with Crippen LogP contribution in [-0.4, -0.2) is 20.9 Å². The lowest BCUT2D eigenvalue weighted by Gasteiger charge is -2.27. The Morgan fingerprint density at radius 2 is 1.85 bits per heavy atom. The average molecular weight is 405 g/mol. The normalized spacial score (nSPS) is 14.0. The number of benzene rings is 2. The van der Waals surface area contributed by atoms with E-state index in [1.54, 1.807) is 30.3 Å². The Bertz CT molecular complexity index is 910. The van der Waals surface area contributed by atoms with E-state index in [9.17, 15) is 22.0 Å². The van der Waals surface area contributed by atoms with E-state index in [1.165, 1.54) is 6.92 Å². The molecule has 0 aliphatic heterocycles. The first kappa shape index (κ1) is 20.1. The van der Waals surface area contributed by atoms with Crippen LogP contribution < -0.4 is 15.2 Å². The Morgan fingerprint density at radius 1 is 1.23 bits per heavy atom. The smallest absolute Gasteiger partial charge is 0.387 e. The summed E-state index contributed by atoms with van der Waals surface area (Å²) in [6.45, 7) is -1.79. The molecule has 0 bridgehead atoms. The van der Waals surface area contributed by atoms with Crippen LogP contribution in [0.4, 0.5) is 8.78 Å². The van der Waals surface area contributed by atoms with Crippen molar-refractivity contribution in [1.82, 2.24) is 4.72 Å². The van der Waals surface area contributed by atoms with E-state index in [1.807, 2.05) is 0 Å². The van der Waals surface area contributed by atoms with Crippen LogP contribution in [0, 0.1) is 0 Å². The van der Waals surface area contributed by atoms with Crippen molar-refractivity contribution in [2.24, 2.45) is 5.73 Å². The van der Waals surface area contributed by atoms with Crippen LogP contribution in [0.5, 0.6) is 5.75 Å². The van der Waals surface area contributed by atoms with Gasteiger partial charge in [0.1, 0.15) is 11.3 Å². The number of amides is 1. The zero-order valence-electron chi connectivity index (χ0n) is 13.4. The highest BCUT2D eigenvalue weighted by Gasteiger charge is 2.38. The molecular formula is C16H15ClF2N2O4S. The number of nitrogens with one attached hydrogen (secondary N) is 1. The summed E-state index contributed by atoms with van der Waals surface area (Å²) in [4.78, 5) is 11.6. The number of carbonyl (C=O) groups excluding carboxylic acids is 1. The van der Waals surface area contributed by atoms with E-state index in [0.29, 0.717) is 5.56 Å². The molecule has 0 unspecified atom stereocenters. The lowest BCUT2D eigenvalue weighted by molar-refractivity contribution is -0.123. The minimum atomic E-state index is -4.26. The number of carbonyl (C=O) groups is 1. The van der Waals surface area contributed by atoms with Crippen molar-refractivity contribution in [1.29, 1.82) is 0 Å². The van der Waals surface area contributed by atoms with Crippen LogP contribution >= 0.6 is 11.6 Å². The SMILES string of the molecule is C[C@@](NS(=O)(=O)c1ccc(OC(F)F)c(Cl)c1)(C(N)=O)c1ccccc1. The first-order valence-electron chi connectivity index (χ1n) is 7.20. The summed E-state index contributed by atoms with van der Waals surface area (Å²) in [5.41, 5.74) is 4.00. The van der Waals surface area contributed by atoms with Gasteiger partial charge in [-0.2, -0.15) is 13.5 Å². The van der Waals surface area contributed by atoms with Crippen LogP contribution in [0.1, 0.15) is 12.5 Å². The lowest BCUT2D eigenvalue weighted by Crippen LogP contribution is -2.52. The molecule has 2 aromatic carbocycles. The largest absolute Gasteiger partial charge is 0.433 e. The highest BCUT2D eigenvalue weighted by atomic mass is 35.5. The number of ether oxygens (including phenoxy) is 1. The van der Waals surface area contributed by atoms with Gasteiger partial charge in [0.15, 0.2) is 0 Å². The van der Waals surface area contributed by atoms with Crippen molar-refractivity contribution in [2.75, 3.05) is 0 Å². The van der Waals surface area contributed by atoms with Gasteiger partial charge in [-0.1, -0.05) is 41.9 Å². The first-order valence-corrected chi connectivity index (χ1v) is 9.06. The monoisotopic (exact) mass is 404 g/mol. The quantitative estimate of drug-likeness (QED) is 0.741. The van der Waals surface area contributed by atoms with Gasteiger partial charge in [-0.3, -0.25) is 4.79 Å². The maximum Gasteiger partial charge on any atom is 0.387 e. The second-order valence-electron chi connectivity index (χ2n) is 5.43. The third-order valence-electron chi connectivity index (χ3n) is 3.61. The average Bonchev–Trinajstić information content (AvgIpc) is 2.56. The van der Waals surface area contributed by atoms with Gasteiger partial charge in [-0.05, 0) is 30.7 Å². The molecule has 140 valence electrons. The zero-order valence-corrected chi connectivity index (χ0v) is 15.0. The van der Waals surface area contributed by atoms with Gasteiger partial charge in [-0.15, -0.1) is 0 Å². The minimum Gasteiger partial charge on any atom is -0.433 e. The molecular weight excluding hydrogens is 390 g/mol. The fourth-order valence-electron chi connectivity index (χ4n) is 2.19. The second-order valence-corrected chi connectivity index (χ2v) is 7.52. The Hall–Kier alpha value is -2.23. The summed E-state index contributed by atoms with van der Waals surface area (Å²) in [7, 11) is -4.26. The number of rotatable bonds is 7. The van der Waals surface area contributed by atoms with Crippen LogP contribution in [0.2, 0.25) is 5.02 Å². The summed E-state index contributed by atoms with van der Waals surface area (Å²) in [5.74, 6) is -1.29. The Labute approximate surface area is 154 Å². The third kappa shape index (κ3) is 4.29. The predicted molar refractivity (Wildman–Crippen MR) is 91.4 cm³/mol. The maximum atomic E-state index is 12.6. The predicted octanol–water partition coefficient (Wildman–Crippen LogP) is 2.62. The molecule has 0 radical (unpaired) electrons. The van der Waals surface area contributed by atoms with Gasteiger partial charge in [-0.25, -0.2) is 8.42 Å². The number of halogens is 3. The Morgan fingerprint density at radius 3 is 2.35 bits per heavy atom. The molecule has 2 rings (SSSR count). The summed E-state index contributed by atoms with van der Waals surface area (Å²) in [5, 5.41) is -0.325. The van der Waals surface area contributed by atoms with Crippen molar-refractivity contribution in [3.8, 4) is 5.75 Å². The molecule has 0 aliphatic carbocycles. The molecule has 10 heteroatoms. The summed E-state index contributed by atoms with van der Waals surface area (Å²) in [6.07, 6.45) is 0. The van der Waals surface area contributed by atoms with Crippen molar-refractivity contribution in [3.05, 3.63) is 59.1 Å². The maximum absolute atomic E-state index is 12.6. The van der Waals surface area contributed by atoms with E-state index in [-0.39, 0.29) is 15.7 Å². The number of sulfonamides is 1. The van der Waals surface area contributed by atoms with Gasteiger partial charge >= 0.3 is 6.61 Å². The minimum absolute atomic E-state index is 0.325. The number of hydrogen-bond acceptors (Lipinski definition) is 4. The highest BCUT2D eigenvalue weighted by Crippen LogP contribution is 2.30. The van der Waals surface area contributed by atoms with Crippen LogP contribution in [0.25, 0.3) is 0 Å². The molecule has 0 aliphatic rings. The number of hydrogen-bond donors (Lipinski definition) is 2. The van der Waals surface area contributed by atoms with E-state index in [0.717, 1.165) is 18.2 Å². The fraction of sp³-hybridized carbons (Fsp3) is 0.188. The van der Waals surface area contributed by atoms with Crippen LogP contribution in [-0.2, 0) is 20.4 Å². The highest BCUT2D eigenvalue weighted by molar-refractivity contribution is 7.89. The molecule has 0 fully saturated rings. The number of nitrogens with two attached hydrogens (primary N) is 1. The van der Waals surface area contributed by atoms with E-state index < -0.39 is 28.1 Å². The van der Waals surface area contributed by atoms with Gasteiger partial charge < -0.3 is 10.5 Å². The standard InChI is InChI=1S/C16H15ClF2N2O4S/c1-16(14(20)22,10-5-3-2-4-6-10)21-26(23,24)11-7-8-13(12(17)9-11)25-15(18)19/h2-9,15,21H,1H3,(H2,20,22)/t16-/m0/s1. The van der Waals surface area contributed by atoms with E-state index in [4.69, 9.17) is 17.3 Å². The molecule has 1 atom stereocenters. The molecule has 6 nitrogen and oxygen atoms in total. The van der Waals surface area contributed by atoms with Gasteiger partial charge in [0.25, 0.3) is 0 Å². The molecule has 0 saturated heterocycles. The third-order valence-corrected chi connectivity index (χ3v) is 5.46. The number of primary amides is 1. The van der Waals surface area contributed by atoms with Crippen LogP contribution in [0.15, 0.2) is 53.4 Å². The topological polar surface area (TPSA) is 98.5 Å². The van der Waals surface area contributed by atoms with Crippen molar-refractivity contribution in [3.63, 3.8) is 0 Å². The fourth-order valence-corrected chi connectivity index (χ4v) is 3.87. The van der Waals surface area contributed by atoms with Crippen molar-refractivity contribution in [2.45, 2.75) is 24.0 Å². The summed E-state index contributed by atoms with van der Waals surface area (Å²) >= 11 is 5.79. The second kappa shape index (κ2) is 7.56. The van der Waals surface area contributed by atoms with Gasteiger partial charge in [0.2, 0.25) is 15.9 Å². The molecule has 3 N–H and O–H groups in total. The van der Waals surface area contributed by atoms with Gasteiger partial charge in [0, 0.05) is 0 Å². The molecule has 0 saturated carbocycles. The Kier molecular flexibility index (Phi) is 5.84. The van der Waals surface area contributed by atoms with Gasteiger partial charge in [0.05, 0.1) is 9.92 Å². The summed E-state index contributed by atoms with van der Waals surface area (Å²) < 4.78 is 56.2. The molecule has 0 spiro atoms. The zero-order chi connectivity index (χ0) is 19.5. The van der Waals surface area contributed by atoms with Crippen LogP contribution in [0.3, 0.4) is 0 Å². The van der Waals surface area contributed by atoms with Crippen molar-refractivity contribution < 1.29 is 26.7 Å². The lowest BCUT2D eigenvalue weighted by atomic mass is 9.93. The molecule has 0 heterocycles. The molecule has 26 heavy (non-hydrogen) atoms. The van der Waals surface area contributed by atoms with Crippen molar-refractivity contribution >= 4 is 27.5 Å². The molecule has 1 amide bonds. The molecule has 0 aromatic heterocycles. The summed E-state index contributed by atoms with van der Waals surface area (Å²) in [6, 6.07) is 11.0. The molecule has 2 aromatic rings. The van der Waals surface area contributed by atoms with E-state index >= 15 is 0 Å². The first-order chi connectivity index (χ1) is 12.1. The Balaban J connectivity index is 2.40. The number of alkyl halides is 2. The van der Waals surface area contributed by atoms with E-state index in [2.05, 4.69) is 9.46 Å².